The molecule has 1 fully saturated rings. The molecule has 1 amide bonds. The van der Waals surface area contributed by atoms with E-state index in [4.69, 9.17) is 16.0 Å². The Labute approximate surface area is 134 Å². The fraction of sp³-hybridized carbons (Fsp3) is 0.353. The number of nitrogens with zero attached hydrogens (tertiary/aromatic N) is 1. The second-order valence-electron chi connectivity index (χ2n) is 5.96. The van der Waals surface area contributed by atoms with Gasteiger partial charge in [0.05, 0.1) is 18.6 Å². The molecule has 5 heteroatoms. The summed E-state index contributed by atoms with van der Waals surface area (Å²) in [6, 6.07) is 5.16. The summed E-state index contributed by atoms with van der Waals surface area (Å²) in [6.45, 7) is 5.88. The van der Waals surface area contributed by atoms with E-state index in [0.717, 1.165) is 22.4 Å². The lowest BCUT2D eigenvalue weighted by atomic mass is 9.91. The number of phenols is 1. The molecule has 1 aliphatic heterocycles. The van der Waals surface area contributed by atoms with E-state index in [2.05, 4.69) is 0 Å². The zero-order chi connectivity index (χ0) is 16.0. The van der Waals surface area contributed by atoms with Crippen molar-refractivity contribution in [2.45, 2.75) is 38.1 Å². The number of carbonyl (C=O) groups is 1. The Morgan fingerprint density at radius 3 is 2.68 bits per heavy atom. The van der Waals surface area contributed by atoms with Crippen LogP contribution in [0.5, 0.6) is 5.75 Å². The van der Waals surface area contributed by atoms with Crippen molar-refractivity contribution in [2.75, 3.05) is 4.90 Å². The Morgan fingerprint density at radius 2 is 2.09 bits per heavy atom. The fourth-order valence-corrected chi connectivity index (χ4v) is 3.27. The summed E-state index contributed by atoms with van der Waals surface area (Å²) in [4.78, 5) is 14.0. The van der Waals surface area contributed by atoms with Crippen LogP contribution in [0.2, 0.25) is 0 Å². The van der Waals surface area contributed by atoms with Crippen molar-refractivity contribution in [1.82, 2.24) is 0 Å². The zero-order valence-corrected chi connectivity index (χ0v) is 13.5. The molecule has 3 rings (SSSR count). The van der Waals surface area contributed by atoms with E-state index in [1.54, 1.807) is 23.5 Å². The van der Waals surface area contributed by atoms with E-state index < -0.39 is 5.38 Å². The predicted molar refractivity (Wildman–Crippen MR) is 85.5 cm³/mol. The minimum atomic E-state index is -0.590. The van der Waals surface area contributed by atoms with Crippen molar-refractivity contribution >= 4 is 23.2 Å². The molecule has 2 heterocycles. The number of furan rings is 1. The molecule has 1 N–H and O–H groups in total. The van der Waals surface area contributed by atoms with Gasteiger partial charge in [-0.15, -0.1) is 11.6 Å². The first kappa shape index (κ1) is 15.0. The monoisotopic (exact) mass is 319 g/mol. The van der Waals surface area contributed by atoms with Crippen LogP contribution in [0.4, 0.5) is 5.69 Å². The van der Waals surface area contributed by atoms with Crippen molar-refractivity contribution in [1.29, 1.82) is 0 Å². The molecule has 1 aliphatic rings. The minimum Gasteiger partial charge on any atom is -0.508 e. The summed E-state index contributed by atoms with van der Waals surface area (Å²) in [5.41, 5.74) is 3.32. The molecule has 22 heavy (non-hydrogen) atoms. The van der Waals surface area contributed by atoms with Crippen LogP contribution in [0, 0.1) is 6.92 Å². The SMILES string of the molecule is Cc1cc(O)c(C(C)C)cc1N1C(=O)C(Cl)C1c1ccoc1. The van der Waals surface area contributed by atoms with Crippen LogP contribution >= 0.6 is 11.6 Å². The molecule has 0 spiro atoms. The Balaban J connectivity index is 2.06. The number of alkyl halides is 1. The van der Waals surface area contributed by atoms with Crippen LogP contribution in [0.3, 0.4) is 0 Å². The van der Waals surface area contributed by atoms with Crippen LogP contribution in [0.25, 0.3) is 0 Å². The Hall–Kier alpha value is -1.94. The van der Waals surface area contributed by atoms with Crippen LogP contribution in [-0.4, -0.2) is 16.4 Å². The quantitative estimate of drug-likeness (QED) is 0.684. The van der Waals surface area contributed by atoms with Gasteiger partial charge in [0.25, 0.3) is 0 Å². The molecule has 0 radical (unpaired) electrons. The summed E-state index contributed by atoms with van der Waals surface area (Å²) >= 11 is 6.21. The van der Waals surface area contributed by atoms with Gasteiger partial charge in [0.2, 0.25) is 5.91 Å². The zero-order valence-electron chi connectivity index (χ0n) is 12.7. The number of hydrogen-bond acceptors (Lipinski definition) is 3. The number of phenolic OH excluding ortho intramolecular Hbond substituents is 1. The highest BCUT2D eigenvalue weighted by Gasteiger charge is 2.48. The number of amides is 1. The number of β-lactam (4-membered cyclic amide) rings is 1. The molecule has 2 aromatic rings. The highest BCUT2D eigenvalue weighted by Crippen LogP contribution is 2.45. The number of carbonyl (C=O) groups excluding carboxylic acids is 1. The van der Waals surface area contributed by atoms with Crippen molar-refractivity contribution in [2.24, 2.45) is 0 Å². The third-order valence-corrected chi connectivity index (χ3v) is 4.57. The molecule has 1 aromatic heterocycles. The molecule has 4 nitrogen and oxygen atoms in total. The van der Waals surface area contributed by atoms with Gasteiger partial charge in [-0.2, -0.15) is 0 Å². The molecular weight excluding hydrogens is 302 g/mol. The summed E-state index contributed by atoms with van der Waals surface area (Å²) in [5.74, 6) is 0.290. The highest BCUT2D eigenvalue weighted by molar-refractivity contribution is 6.37. The number of halogens is 1. The van der Waals surface area contributed by atoms with Gasteiger partial charge in [-0.05, 0) is 42.2 Å². The maximum absolute atomic E-state index is 12.3. The van der Waals surface area contributed by atoms with Crippen molar-refractivity contribution in [3.8, 4) is 5.75 Å². The van der Waals surface area contributed by atoms with Gasteiger partial charge in [0.15, 0.2) is 0 Å². The van der Waals surface area contributed by atoms with Gasteiger partial charge in [-0.1, -0.05) is 13.8 Å². The van der Waals surface area contributed by atoms with Crippen LogP contribution in [0.1, 0.15) is 42.5 Å². The Bertz CT molecular complexity index is 709. The molecule has 2 unspecified atom stereocenters. The number of benzene rings is 1. The second kappa shape index (κ2) is 5.36. The standard InChI is InChI=1S/C17H18ClNO3/c1-9(2)12-7-13(10(3)6-14(12)20)19-16(15(18)17(19)21)11-4-5-22-8-11/h4-9,15-16,20H,1-3H3. The molecule has 0 saturated carbocycles. The third kappa shape index (κ3) is 2.18. The van der Waals surface area contributed by atoms with Crippen molar-refractivity contribution in [3.05, 3.63) is 47.4 Å². The molecule has 0 bridgehead atoms. The van der Waals surface area contributed by atoms with Gasteiger partial charge < -0.3 is 14.4 Å². The first-order valence-corrected chi connectivity index (χ1v) is 7.68. The van der Waals surface area contributed by atoms with E-state index in [-0.39, 0.29) is 23.6 Å². The van der Waals surface area contributed by atoms with Gasteiger partial charge in [0.1, 0.15) is 11.1 Å². The van der Waals surface area contributed by atoms with E-state index in [9.17, 15) is 9.90 Å². The van der Waals surface area contributed by atoms with E-state index in [0.29, 0.717) is 0 Å². The lowest BCUT2D eigenvalue weighted by molar-refractivity contribution is -0.123. The van der Waals surface area contributed by atoms with Gasteiger partial charge in [0, 0.05) is 11.3 Å². The number of rotatable bonds is 3. The number of aromatic hydroxyl groups is 1. The minimum absolute atomic E-state index is 0.128. The summed E-state index contributed by atoms with van der Waals surface area (Å²) in [7, 11) is 0. The normalized spacial score (nSPS) is 21.3. The first-order chi connectivity index (χ1) is 10.4. The van der Waals surface area contributed by atoms with Gasteiger partial charge >= 0.3 is 0 Å². The topological polar surface area (TPSA) is 53.7 Å². The lowest BCUT2D eigenvalue weighted by Gasteiger charge is -2.44. The Kier molecular flexibility index (Phi) is 3.65. The smallest absolute Gasteiger partial charge is 0.248 e. The van der Waals surface area contributed by atoms with Crippen molar-refractivity contribution in [3.63, 3.8) is 0 Å². The van der Waals surface area contributed by atoms with Crippen molar-refractivity contribution < 1.29 is 14.3 Å². The van der Waals surface area contributed by atoms with E-state index in [1.165, 1.54) is 0 Å². The third-order valence-electron chi connectivity index (χ3n) is 4.14. The number of hydrogen-bond donors (Lipinski definition) is 1. The van der Waals surface area contributed by atoms with Gasteiger partial charge in [-0.25, -0.2) is 0 Å². The lowest BCUT2D eigenvalue weighted by Crippen LogP contribution is -2.56. The van der Waals surface area contributed by atoms with Crippen LogP contribution < -0.4 is 4.90 Å². The first-order valence-electron chi connectivity index (χ1n) is 7.24. The maximum atomic E-state index is 12.3. The largest absolute Gasteiger partial charge is 0.508 e. The highest BCUT2D eigenvalue weighted by atomic mass is 35.5. The number of aryl methyl sites for hydroxylation is 1. The average molecular weight is 320 g/mol. The fourth-order valence-electron chi connectivity index (χ4n) is 2.90. The molecule has 116 valence electrons. The predicted octanol–water partition coefficient (Wildman–Crippen LogP) is 4.11. The maximum Gasteiger partial charge on any atom is 0.248 e. The summed E-state index contributed by atoms with van der Waals surface area (Å²) in [5, 5.41) is 9.49. The van der Waals surface area contributed by atoms with E-state index in [1.807, 2.05) is 32.9 Å². The molecular formula is C17H18ClNO3. The molecule has 2 atom stereocenters. The molecule has 0 aliphatic carbocycles. The second-order valence-corrected chi connectivity index (χ2v) is 6.43. The van der Waals surface area contributed by atoms with E-state index >= 15 is 0 Å². The van der Waals surface area contributed by atoms with Crippen LogP contribution in [-0.2, 0) is 4.79 Å². The van der Waals surface area contributed by atoms with Crippen LogP contribution in [0.15, 0.2) is 35.1 Å². The average Bonchev–Trinajstić information content (AvgIpc) is 2.97. The summed E-state index contributed by atoms with van der Waals surface area (Å²) in [6.07, 6.45) is 3.18. The number of anilines is 1. The van der Waals surface area contributed by atoms with Gasteiger partial charge in [-0.3, -0.25) is 4.79 Å². The Morgan fingerprint density at radius 1 is 1.36 bits per heavy atom. The molecule has 1 aromatic carbocycles. The molecule has 1 saturated heterocycles. The summed E-state index contributed by atoms with van der Waals surface area (Å²) < 4.78 is 5.11.